The van der Waals surface area contributed by atoms with Gasteiger partial charge in [-0.3, -0.25) is 4.79 Å². The quantitative estimate of drug-likeness (QED) is 0.400. The highest BCUT2D eigenvalue weighted by atomic mass is 16.3. The van der Waals surface area contributed by atoms with Gasteiger partial charge in [0.15, 0.2) is 0 Å². The molecule has 0 saturated heterocycles. The summed E-state index contributed by atoms with van der Waals surface area (Å²) in [6, 6.07) is 0. The van der Waals surface area contributed by atoms with Gasteiger partial charge in [0.1, 0.15) is 5.78 Å². The molecule has 0 bridgehead atoms. The van der Waals surface area contributed by atoms with E-state index in [9.17, 15) is 9.90 Å². The molecule has 0 aromatic heterocycles. The highest BCUT2D eigenvalue weighted by Crippen LogP contribution is 2.70. The third-order valence-electron chi connectivity index (χ3n) is 12.6. The number of Topliss-reactive ketones (excluding diaryl/α,β-unsaturated/α-hetero) is 1. The van der Waals surface area contributed by atoms with Gasteiger partial charge in [0, 0.05) is 11.8 Å². The summed E-state index contributed by atoms with van der Waals surface area (Å²) in [5.41, 5.74) is 2.58. The number of fused-ring (bicyclic) bond motifs is 6. The molecule has 32 heavy (non-hydrogen) atoms. The third kappa shape index (κ3) is 2.89. The van der Waals surface area contributed by atoms with Crippen molar-refractivity contribution in [3.63, 3.8) is 0 Å². The summed E-state index contributed by atoms with van der Waals surface area (Å²) in [6.07, 6.45) is 14.0. The zero-order valence-corrected chi connectivity index (χ0v) is 21.9. The van der Waals surface area contributed by atoms with Crippen molar-refractivity contribution < 1.29 is 9.90 Å². The molecule has 1 N–H and O–H groups in total. The van der Waals surface area contributed by atoms with E-state index >= 15 is 0 Å². The molecule has 180 valence electrons. The van der Waals surface area contributed by atoms with Crippen LogP contribution in [0.5, 0.6) is 0 Å². The smallest absolute Gasteiger partial charge is 0.138 e. The molecule has 2 nitrogen and oxygen atoms in total. The number of aliphatic hydroxyl groups is 1. The Labute approximate surface area is 197 Å². The molecule has 8 atom stereocenters. The van der Waals surface area contributed by atoms with Crippen molar-refractivity contribution in [2.45, 2.75) is 119 Å². The molecular weight excluding hydrogens is 392 g/mol. The van der Waals surface area contributed by atoms with Crippen molar-refractivity contribution in [3.8, 4) is 0 Å². The summed E-state index contributed by atoms with van der Waals surface area (Å²) >= 11 is 0. The molecule has 0 amide bonds. The lowest BCUT2D eigenvalue weighted by molar-refractivity contribution is -0.170. The van der Waals surface area contributed by atoms with Gasteiger partial charge < -0.3 is 5.11 Å². The van der Waals surface area contributed by atoms with Gasteiger partial charge >= 0.3 is 0 Å². The maximum atomic E-state index is 12.8. The summed E-state index contributed by atoms with van der Waals surface area (Å²) in [5.74, 6) is 3.00. The minimum atomic E-state index is -0.182. The fraction of sp³-hybridized carbons (Fsp3) is 0.900. The van der Waals surface area contributed by atoms with E-state index in [1.54, 1.807) is 5.57 Å². The van der Waals surface area contributed by atoms with E-state index in [0.29, 0.717) is 34.4 Å². The first-order valence-corrected chi connectivity index (χ1v) is 13.7. The minimum Gasteiger partial charge on any atom is -0.393 e. The van der Waals surface area contributed by atoms with Crippen LogP contribution in [-0.2, 0) is 4.79 Å². The minimum absolute atomic E-state index is 0.0253. The standard InChI is InChI=1S/C30H48O2/c1-26(2)21-10-8-19-18-28(5)15-12-22-27(3,4)25(32)14-17-30(22,7)23(28)11-9-20(19)29(21,6)16-13-24(26)31/h8,20-23,25,32H,9-18H2,1-7H3/t20-,21-,22+,23-,25-,28-,29+,30-/m0/s1. The van der Waals surface area contributed by atoms with E-state index in [2.05, 4.69) is 54.5 Å². The Balaban J connectivity index is 1.51. The van der Waals surface area contributed by atoms with E-state index in [4.69, 9.17) is 0 Å². The Morgan fingerprint density at radius 1 is 0.812 bits per heavy atom. The first kappa shape index (κ1) is 23.1. The van der Waals surface area contributed by atoms with Crippen molar-refractivity contribution in [1.82, 2.24) is 0 Å². The second kappa shape index (κ2) is 6.96. The maximum Gasteiger partial charge on any atom is 0.138 e. The van der Waals surface area contributed by atoms with Crippen LogP contribution in [0.2, 0.25) is 0 Å². The fourth-order valence-electron chi connectivity index (χ4n) is 10.8. The van der Waals surface area contributed by atoms with Crippen LogP contribution in [0.1, 0.15) is 113 Å². The molecule has 4 saturated carbocycles. The van der Waals surface area contributed by atoms with Gasteiger partial charge in [0.05, 0.1) is 6.10 Å². The van der Waals surface area contributed by atoms with Gasteiger partial charge in [0.25, 0.3) is 0 Å². The van der Waals surface area contributed by atoms with E-state index in [0.717, 1.165) is 31.6 Å². The zero-order valence-electron chi connectivity index (χ0n) is 21.9. The van der Waals surface area contributed by atoms with Crippen molar-refractivity contribution in [2.24, 2.45) is 50.7 Å². The SMILES string of the molecule is CC1(C)C(=O)CC[C@]2(C)[C@H]3CC[C@H]4[C@@](C)(CC[C@@H]5C(C)(C)[C@@H](O)CC[C@@]54C)CC3=CC[C@@H]12. The van der Waals surface area contributed by atoms with Gasteiger partial charge in [-0.2, -0.15) is 0 Å². The Bertz CT molecular complexity index is 836. The Morgan fingerprint density at radius 3 is 2.25 bits per heavy atom. The molecule has 5 rings (SSSR count). The number of rotatable bonds is 0. The van der Waals surface area contributed by atoms with Crippen LogP contribution in [0.4, 0.5) is 0 Å². The predicted octanol–water partition coefficient (Wildman–Crippen LogP) is 7.35. The van der Waals surface area contributed by atoms with Gasteiger partial charge in [0.2, 0.25) is 0 Å². The number of aliphatic hydroxyl groups excluding tert-OH is 1. The summed E-state index contributed by atoms with van der Waals surface area (Å²) < 4.78 is 0. The molecule has 0 radical (unpaired) electrons. The molecule has 0 aliphatic heterocycles. The highest BCUT2D eigenvalue weighted by Gasteiger charge is 2.63. The second-order valence-electron chi connectivity index (χ2n) is 14.7. The molecule has 0 aromatic carbocycles. The summed E-state index contributed by atoms with van der Waals surface area (Å²) in [7, 11) is 0. The molecular formula is C30H48O2. The Hall–Kier alpha value is -0.630. The zero-order chi connectivity index (χ0) is 23.3. The number of carbonyl (C=O) groups excluding carboxylic acids is 1. The number of hydrogen-bond donors (Lipinski definition) is 1. The maximum absolute atomic E-state index is 12.8. The normalized spacial score (nSPS) is 51.9. The lowest BCUT2D eigenvalue weighted by Gasteiger charge is -2.63. The van der Waals surface area contributed by atoms with Crippen molar-refractivity contribution in [1.29, 1.82) is 0 Å². The van der Waals surface area contributed by atoms with E-state index in [1.807, 2.05) is 0 Å². The van der Waals surface area contributed by atoms with E-state index in [1.165, 1.54) is 38.5 Å². The molecule has 0 heterocycles. The molecule has 0 aromatic rings. The molecule has 0 spiro atoms. The number of hydrogen-bond acceptors (Lipinski definition) is 2. The van der Waals surface area contributed by atoms with Crippen LogP contribution < -0.4 is 0 Å². The van der Waals surface area contributed by atoms with Crippen LogP contribution in [0.3, 0.4) is 0 Å². The van der Waals surface area contributed by atoms with Crippen molar-refractivity contribution in [3.05, 3.63) is 11.6 Å². The lowest BCUT2D eigenvalue weighted by Crippen LogP contribution is -2.58. The average Bonchev–Trinajstić information content (AvgIpc) is 2.86. The van der Waals surface area contributed by atoms with Crippen molar-refractivity contribution in [2.75, 3.05) is 0 Å². The van der Waals surface area contributed by atoms with Crippen LogP contribution >= 0.6 is 0 Å². The first-order valence-electron chi connectivity index (χ1n) is 13.7. The monoisotopic (exact) mass is 440 g/mol. The Morgan fingerprint density at radius 2 is 1.53 bits per heavy atom. The van der Waals surface area contributed by atoms with Crippen molar-refractivity contribution >= 4 is 5.78 Å². The second-order valence-corrected chi connectivity index (χ2v) is 14.7. The van der Waals surface area contributed by atoms with Gasteiger partial charge in [-0.05, 0) is 103 Å². The van der Waals surface area contributed by atoms with Crippen LogP contribution in [0.25, 0.3) is 0 Å². The summed E-state index contributed by atoms with van der Waals surface area (Å²) in [6.45, 7) is 16.9. The average molecular weight is 441 g/mol. The Kier molecular flexibility index (Phi) is 5.03. The van der Waals surface area contributed by atoms with Crippen LogP contribution in [0.15, 0.2) is 11.6 Å². The fourth-order valence-corrected chi connectivity index (χ4v) is 10.8. The molecule has 4 fully saturated rings. The number of allylic oxidation sites excluding steroid dienone is 2. The van der Waals surface area contributed by atoms with Crippen LogP contribution in [-0.4, -0.2) is 17.0 Å². The van der Waals surface area contributed by atoms with Gasteiger partial charge in [-0.15, -0.1) is 0 Å². The van der Waals surface area contributed by atoms with Gasteiger partial charge in [-0.25, -0.2) is 0 Å². The topological polar surface area (TPSA) is 37.3 Å². The molecule has 0 unspecified atom stereocenters. The molecule has 2 heteroatoms. The van der Waals surface area contributed by atoms with Gasteiger partial charge in [-0.1, -0.05) is 60.1 Å². The highest BCUT2D eigenvalue weighted by molar-refractivity contribution is 5.85. The molecule has 5 aliphatic rings. The molecule has 5 aliphatic carbocycles. The summed E-state index contributed by atoms with van der Waals surface area (Å²) in [4.78, 5) is 12.8. The van der Waals surface area contributed by atoms with E-state index in [-0.39, 0.29) is 22.3 Å². The largest absolute Gasteiger partial charge is 0.393 e. The number of carbonyl (C=O) groups is 1. The van der Waals surface area contributed by atoms with Crippen LogP contribution in [0, 0.1) is 50.7 Å². The first-order chi connectivity index (χ1) is 14.8. The summed E-state index contributed by atoms with van der Waals surface area (Å²) in [5, 5.41) is 10.9. The van der Waals surface area contributed by atoms with E-state index < -0.39 is 0 Å². The lowest BCUT2D eigenvalue weighted by atomic mass is 9.42. The third-order valence-corrected chi connectivity index (χ3v) is 12.6. The predicted molar refractivity (Wildman–Crippen MR) is 131 cm³/mol. The number of ketones is 1.